The summed E-state index contributed by atoms with van der Waals surface area (Å²) in [6.07, 6.45) is 0.993. The van der Waals surface area contributed by atoms with Crippen LogP contribution in [0.5, 0.6) is 0 Å². The van der Waals surface area contributed by atoms with Gasteiger partial charge in [0.2, 0.25) is 5.91 Å². The maximum Gasteiger partial charge on any atom is 0.244 e. The molecular weight excluding hydrogens is 236 g/mol. The first-order chi connectivity index (χ1) is 9.13. The average molecular weight is 258 g/mol. The van der Waals surface area contributed by atoms with Crippen molar-refractivity contribution in [2.45, 2.75) is 26.3 Å². The van der Waals surface area contributed by atoms with Crippen LogP contribution in [-0.2, 0) is 11.2 Å². The molecule has 2 rings (SSSR count). The molecule has 19 heavy (non-hydrogen) atoms. The third-order valence-corrected chi connectivity index (χ3v) is 3.51. The van der Waals surface area contributed by atoms with Crippen molar-refractivity contribution >= 4 is 5.91 Å². The van der Waals surface area contributed by atoms with Gasteiger partial charge < -0.3 is 10.2 Å². The van der Waals surface area contributed by atoms with E-state index in [1.165, 1.54) is 5.56 Å². The number of amides is 1. The Hall–Kier alpha value is -1.61. The molecule has 1 amide bonds. The van der Waals surface area contributed by atoms with E-state index in [4.69, 9.17) is 0 Å². The summed E-state index contributed by atoms with van der Waals surface area (Å²) in [5.41, 5.74) is 3.42. The highest BCUT2D eigenvalue weighted by Gasteiger charge is 2.28. The van der Waals surface area contributed by atoms with Crippen molar-refractivity contribution in [3.05, 3.63) is 47.5 Å². The van der Waals surface area contributed by atoms with Crippen molar-refractivity contribution in [3.63, 3.8) is 0 Å². The van der Waals surface area contributed by atoms with Crippen molar-refractivity contribution in [1.82, 2.24) is 10.2 Å². The molecule has 0 aliphatic carbocycles. The largest absolute Gasteiger partial charge is 0.337 e. The summed E-state index contributed by atoms with van der Waals surface area (Å²) in [5.74, 6) is 0.151. The second-order valence-corrected chi connectivity index (χ2v) is 5.15. The Morgan fingerprint density at radius 3 is 2.89 bits per heavy atom. The second kappa shape index (κ2) is 6.02. The average Bonchev–Trinajstić information content (AvgIpc) is 2.43. The summed E-state index contributed by atoms with van der Waals surface area (Å²) in [6, 6.07) is 8.01. The fraction of sp³-hybridized carbons (Fsp3) is 0.438. The Labute approximate surface area is 115 Å². The van der Waals surface area contributed by atoms with Crippen LogP contribution < -0.4 is 5.32 Å². The molecular formula is C16H22N2O. The summed E-state index contributed by atoms with van der Waals surface area (Å²) in [4.78, 5) is 14.5. The van der Waals surface area contributed by atoms with Crippen molar-refractivity contribution in [2.75, 3.05) is 19.6 Å². The van der Waals surface area contributed by atoms with E-state index in [9.17, 15) is 4.79 Å². The Kier molecular flexibility index (Phi) is 4.38. The van der Waals surface area contributed by atoms with Gasteiger partial charge in [0.15, 0.2) is 0 Å². The molecule has 3 nitrogen and oxygen atoms in total. The van der Waals surface area contributed by atoms with E-state index in [2.05, 4.69) is 24.0 Å². The van der Waals surface area contributed by atoms with Crippen LogP contribution in [0.3, 0.4) is 0 Å². The molecule has 1 aliphatic rings. The van der Waals surface area contributed by atoms with E-state index in [0.29, 0.717) is 13.1 Å². The molecule has 1 aromatic carbocycles. The number of hydrogen-bond acceptors (Lipinski definition) is 2. The van der Waals surface area contributed by atoms with Crippen molar-refractivity contribution in [2.24, 2.45) is 0 Å². The number of benzene rings is 1. The number of fused-ring (bicyclic) bond motifs is 1. The van der Waals surface area contributed by atoms with Crippen LogP contribution in [-0.4, -0.2) is 30.4 Å². The van der Waals surface area contributed by atoms with Gasteiger partial charge in [-0.05, 0) is 31.4 Å². The second-order valence-electron chi connectivity index (χ2n) is 5.15. The third-order valence-electron chi connectivity index (χ3n) is 3.51. The lowest BCUT2D eigenvalue weighted by molar-refractivity contribution is -0.133. The lowest BCUT2D eigenvalue weighted by atomic mass is 9.93. The normalized spacial score (nSPS) is 17.7. The number of carbonyl (C=O) groups is 1. The van der Waals surface area contributed by atoms with Gasteiger partial charge >= 0.3 is 0 Å². The van der Waals surface area contributed by atoms with Crippen LogP contribution in [0.2, 0.25) is 0 Å². The predicted molar refractivity (Wildman–Crippen MR) is 78.0 cm³/mol. The number of carbonyl (C=O) groups excluding carboxylic acids is 1. The first-order valence-corrected chi connectivity index (χ1v) is 6.87. The zero-order valence-corrected chi connectivity index (χ0v) is 11.8. The van der Waals surface area contributed by atoms with E-state index in [1.54, 1.807) is 0 Å². The molecule has 1 N–H and O–H groups in total. The van der Waals surface area contributed by atoms with Gasteiger partial charge in [0.05, 0.1) is 0 Å². The topological polar surface area (TPSA) is 32.3 Å². The van der Waals surface area contributed by atoms with Gasteiger partial charge in [0, 0.05) is 19.6 Å². The minimum absolute atomic E-state index is 0.151. The lowest BCUT2D eigenvalue weighted by Gasteiger charge is -2.31. The van der Waals surface area contributed by atoms with E-state index in [1.807, 2.05) is 30.9 Å². The molecule has 0 fully saturated rings. The van der Waals surface area contributed by atoms with Crippen LogP contribution in [0.4, 0.5) is 0 Å². The zero-order valence-electron chi connectivity index (χ0n) is 11.8. The first-order valence-electron chi connectivity index (χ1n) is 6.87. The molecule has 1 unspecified atom stereocenters. The van der Waals surface area contributed by atoms with Crippen molar-refractivity contribution in [3.8, 4) is 0 Å². The van der Waals surface area contributed by atoms with Gasteiger partial charge in [0.1, 0.15) is 6.04 Å². The molecule has 3 heteroatoms. The molecule has 0 saturated heterocycles. The van der Waals surface area contributed by atoms with Crippen molar-refractivity contribution in [1.29, 1.82) is 0 Å². The fourth-order valence-electron chi connectivity index (χ4n) is 2.58. The molecule has 0 radical (unpaired) electrons. The highest BCUT2D eigenvalue weighted by molar-refractivity contribution is 5.84. The lowest BCUT2D eigenvalue weighted by Crippen LogP contribution is -2.44. The van der Waals surface area contributed by atoms with Crippen molar-refractivity contribution < 1.29 is 4.79 Å². The summed E-state index contributed by atoms with van der Waals surface area (Å²) < 4.78 is 0. The summed E-state index contributed by atoms with van der Waals surface area (Å²) in [7, 11) is 0. The van der Waals surface area contributed by atoms with Crippen LogP contribution >= 0.6 is 0 Å². The first kappa shape index (κ1) is 13.8. The molecule has 1 aromatic rings. The highest BCUT2D eigenvalue weighted by Crippen LogP contribution is 2.24. The number of nitrogens with one attached hydrogen (secondary N) is 1. The SMILES string of the molecule is C=C(C)CN(CC)C(=O)C1NCCc2ccccc21. The van der Waals surface area contributed by atoms with E-state index >= 15 is 0 Å². The molecule has 1 atom stereocenters. The maximum absolute atomic E-state index is 12.6. The number of likely N-dealkylation sites (N-methyl/N-ethyl adjacent to an activating group) is 1. The van der Waals surface area contributed by atoms with Crippen LogP contribution in [0.25, 0.3) is 0 Å². The van der Waals surface area contributed by atoms with Gasteiger partial charge in [-0.2, -0.15) is 0 Å². The molecule has 0 spiro atoms. The quantitative estimate of drug-likeness (QED) is 0.840. The number of hydrogen-bond donors (Lipinski definition) is 1. The Morgan fingerprint density at radius 1 is 1.47 bits per heavy atom. The smallest absolute Gasteiger partial charge is 0.244 e. The van der Waals surface area contributed by atoms with E-state index in [0.717, 1.165) is 24.1 Å². The van der Waals surface area contributed by atoms with Gasteiger partial charge in [0.25, 0.3) is 0 Å². The Morgan fingerprint density at radius 2 is 2.21 bits per heavy atom. The molecule has 102 valence electrons. The Balaban J connectivity index is 2.22. The Bertz CT molecular complexity index is 481. The zero-order chi connectivity index (χ0) is 13.8. The minimum Gasteiger partial charge on any atom is -0.337 e. The van der Waals surface area contributed by atoms with Gasteiger partial charge in [-0.25, -0.2) is 0 Å². The van der Waals surface area contributed by atoms with Gasteiger partial charge in [-0.15, -0.1) is 0 Å². The third kappa shape index (κ3) is 3.04. The van der Waals surface area contributed by atoms with Crippen LogP contribution in [0, 0.1) is 0 Å². The minimum atomic E-state index is -0.204. The highest BCUT2D eigenvalue weighted by atomic mass is 16.2. The van der Waals surface area contributed by atoms with E-state index in [-0.39, 0.29) is 11.9 Å². The maximum atomic E-state index is 12.6. The molecule has 0 bridgehead atoms. The van der Waals surface area contributed by atoms with Gasteiger partial charge in [-0.1, -0.05) is 36.4 Å². The number of rotatable bonds is 4. The van der Waals surface area contributed by atoms with Crippen LogP contribution in [0.1, 0.15) is 31.0 Å². The summed E-state index contributed by atoms with van der Waals surface area (Å²) in [5, 5.41) is 3.34. The standard InChI is InChI=1S/C16H22N2O/c1-4-18(11-12(2)3)16(19)15-14-8-6-5-7-13(14)9-10-17-15/h5-8,15,17H,2,4,9-11H2,1,3H3. The number of nitrogens with zero attached hydrogens (tertiary/aromatic N) is 1. The predicted octanol–water partition coefficient (Wildman–Crippen LogP) is 2.30. The van der Waals surface area contributed by atoms with Crippen LogP contribution in [0.15, 0.2) is 36.4 Å². The van der Waals surface area contributed by atoms with Gasteiger partial charge in [-0.3, -0.25) is 4.79 Å². The molecule has 0 aromatic heterocycles. The molecule has 1 aliphatic heterocycles. The molecule has 0 saturated carbocycles. The summed E-state index contributed by atoms with van der Waals surface area (Å²) >= 11 is 0. The molecule has 1 heterocycles. The van der Waals surface area contributed by atoms with E-state index < -0.39 is 0 Å². The fourth-order valence-corrected chi connectivity index (χ4v) is 2.58. The monoisotopic (exact) mass is 258 g/mol. The summed E-state index contributed by atoms with van der Waals surface area (Å²) in [6.45, 7) is 10.1.